The van der Waals surface area contributed by atoms with Crippen LogP contribution < -0.4 is 26.6 Å². The molecule has 6 N–H and O–H groups in total. The second kappa shape index (κ2) is 53.2. The molecule has 6 bridgehead atoms. The quantitative estimate of drug-likeness (QED) is 0.0145. The zero-order valence-corrected chi connectivity index (χ0v) is 78.7. The van der Waals surface area contributed by atoms with E-state index in [9.17, 15) is 24.3 Å². The first-order valence-corrected chi connectivity index (χ1v) is 46.6. The van der Waals surface area contributed by atoms with E-state index in [4.69, 9.17) is 133 Å². The fraction of sp³-hybridized carbons (Fsp3) is 0.882. The van der Waals surface area contributed by atoms with E-state index < -0.39 is 120 Å². The molecule has 9 aliphatic rings. The van der Waals surface area contributed by atoms with Crippen molar-refractivity contribution < 1.29 is 152 Å². The zero-order chi connectivity index (χ0) is 94.7. The van der Waals surface area contributed by atoms with Crippen LogP contribution in [0.1, 0.15) is 131 Å². The minimum atomic E-state index is -1.30. The predicted octanol–water partition coefficient (Wildman–Crippen LogP) is 0.255. The van der Waals surface area contributed by atoms with E-state index in [0.29, 0.717) is 227 Å². The van der Waals surface area contributed by atoms with E-state index in [1.807, 2.05) is 41.5 Å². The maximum Gasteiger partial charge on any atom is 0.220 e. The van der Waals surface area contributed by atoms with Gasteiger partial charge in [-0.1, -0.05) is 33.6 Å². The molecule has 3 aromatic heterocycles. The maximum atomic E-state index is 14.3. The molecule has 0 spiro atoms. The lowest BCUT2D eigenvalue weighted by molar-refractivity contribution is -0.217. The van der Waals surface area contributed by atoms with Crippen molar-refractivity contribution in [2.75, 3.05) is 211 Å². The van der Waals surface area contributed by atoms with E-state index in [1.165, 1.54) is 13.8 Å². The third kappa shape index (κ3) is 32.8. The number of ether oxygens (including phenoxy) is 27. The molecule has 758 valence electrons. The lowest BCUT2D eigenvalue weighted by atomic mass is 9.88. The highest BCUT2D eigenvalue weighted by Crippen LogP contribution is 2.50. The lowest BCUT2D eigenvalue weighted by Crippen LogP contribution is -2.65. The Balaban J connectivity index is 0.567. The molecule has 9 saturated heterocycles. The minimum Gasteiger partial charge on any atom is -0.379 e. The largest absolute Gasteiger partial charge is 0.379 e. The molecule has 9 fully saturated rings. The van der Waals surface area contributed by atoms with Gasteiger partial charge < -0.3 is 154 Å². The van der Waals surface area contributed by atoms with Gasteiger partial charge in [0.15, 0.2) is 36.2 Å². The van der Waals surface area contributed by atoms with Crippen molar-refractivity contribution in [2.45, 2.75) is 273 Å². The van der Waals surface area contributed by atoms with Crippen molar-refractivity contribution in [1.82, 2.24) is 71.6 Å². The Morgan fingerprint density at radius 3 is 1.13 bits per heavy atom. The summed E-state index contributed by atoms with van der Waals surface area (Å²) >= 11 is 0. The van der Waals surface area contributed by atoms with Crippen LogP contribution in [0.3, 0.4) is 0 Å². The highest BCUT2D eigenvalue weighted by Gasteiger charge is 2.69. The first-order chi connectivity index (χ1) is 64.7. The van der Waals surface area contributed by atoms with Gasteiger partial charge in [-0.25, -0.2) is 14.0 Å². The molecule has 12 heterocycles. The molecule has 4 amide bonds. The average Bonchev–Trinajstić information content (AvgIpc) is 1.58. The van der Waals surface area contributed by atoms with Gasteiger partial charge in [0, 0.05) is 44.7 Å². The van der Waals surface area contributed by atoms with Crippen LogP contribution in [0, 0.1) is 0 Å². The Hall–Kier alpha value is -6.55. The fourth-order valence-electron chi connectivity index (χ4n) is 17.0. The molecule has 3 unspecified atom stereocenters. The van der Waals surface area contributed by atoms with Crippen molar-refractivity contribution in [3.05, 3.63) is 46.1 Å². The van der Waals surface area contributed by atoms with Gasteiger partial charge in [-0.3, -0.25) is 24.5 Å². The molecule has 49 heteroatoms. The topological polar surface area (TPSA) is 539 Å². The Labute approximate surface area is 779 Å². The van der Waals surface area contributed by atoms with Crippen LogP contribution in [0.25, 0.3) is 10.4 Å². The summed E-state index contributed by atoms with van der Waals surface area (Å²) in [5, 5.41) is 54.7. The maximum absolute atomic E-state index is 14.3. The molecule has 17 atom stereocenters. The molecule has 0 radical (unpaired) electrons. The van der Waals surface area contributed by atoms with Crippen molar-refractivity contribution in [1.29, 1.82) is 0 Å². The summed E-state index contributed by atoms with van der Waals surface area (Å²) in [6, 6.07) is -1.47. The third-order valence-electron chi connectivity index (χ3n) is 23.0. The molecular formula is C85H141N17O32. The SMILES string of the molecule is CC(=O)NC1[C@H]2OC[C@](COCCOCCOCCOCCn3cc(COCC(COCc4cn(CCOCCOCCOCCOC[C@@]56CO[C@H](O5)[C@H](NC(C)O)[C@H]5OC(C)(C)O[C@H]56)nn4)(COCc4cn(CCOCCOCCOCCOC[C@@]56CO[C@@H](O5)[C@H](NC(C)=O)[C@H]5OC(C)(C)O[C@H]56)nn4)NC(=O)CCCCCNC(=O)CCCCCN=[N+]=[N-])nn3)(O2)[C@@H]2OC(C)(C)O[C@H]12. The Bertz CT molecular complexity index is 3890. The summed E-state index contributed by atoms with van der Waals surface area (Å²) < 4.78 is 169. The molecule has 0 aliphatic carbocycles. The zero-order valence-electron chi connectivity index (χ0n) is 78.7. The van der Waals surface area contributed by atoms with Gasteiger partial charge in [0.1, 0.15) is 94.4 Å². The van der Waals surface area contributed by atoms with Crippen LogP contribution >= 0.6 is 0 Å². The molecule has 3 aromatic rings. The molecular weight excluding hydrogens is 1770 g/mol. The number of rotatable bonds is 71. The molecule has 9 aliphatic heterocycles. The number of azide groups is 1. The summed E-state index contributed by atoms with van der Waals surface area (Å²) in [7, 11) is 0. The van der Waals surface area contributed by atoms with Crippen molar-refractivity contribution in [3.63, 3.8) is 0 Å². The number of unbranched alkanes of at least 4 members (excludes halogenated alkanes) is 4. The Morgan fingerprint density at radius 2 is 0.776 bits per heavy atom. The lowest BCUT2D eigenvalue weighted by Gasteiger charge is -2.42. The van der Waals surface area contributed by atoms with E-state index in [-0.39, 0.29) is 109 Å². The fourth-order valence-corrected chi connectivity index (χ4v) is 17.0. The molecule has 0 saturated carbocycles. The van der Waals surface area contributed by atoms with Gasteiger partial charge in [-0.15, -0.1) is 15.3 Å². The summed E-state index contributed by atoms with van der Waals surface area (Å²) in [6.07, 6.45) is 4.09. The van der Waals surface area contributed by atoms with Gasteiger partial charge in [0.25, 0.3) is 0 Å². The Kier molecular flexibility index (Phi) is 42.2. The normalized spacial score (nSPS) is 27.7. The van der Waals surface area contributed by atoms with Crippen LogP contribution in [0.5, 0.6) is 0 Å². The van der Waals surface area contributed by atoms with Crippen LogP contribution in [0.15, 0.2) is 23.7 Å². The van der Waals surface area contributed by atoms with Crippen molar-refractivity contribution in [2.24, 2.45) is 5.11 Å². The van der Waals surface area contributed by atoms with Gasteiger partial charge in [-0.2, -0.15) is 0 Å². The van der Waals surface area contributed by atoms with E-state index in [2.05, 4.69) is 67.5 Å². The number of hydrogen-bond donors (Lipinski definition) is 6. The summed E-state index contributed by atoms with van der Waals surface area (Å²) in [4.78, 5) is 53.6. The highest BCUT2D eigenvalue weighted by molar-refractivity contribution is 5.77. The second-order valence-corrected chi connectivity index (χ2v) is 35.8. The Morgan fingerprint density at radius 1 is 0.448 bits per heavy atom. The summed E-state index contributed by atoms with van der Waals surface area (Å²) in [5.74, 6) is -3.39. The predicted molar refractivity (Wildman–Crippen MR) is 460 cm³/mol. The number of fused-ring (bicyclic) bond motifs is 12. The van der Waals surface area contributed by atoms with Gasteiger partial charge in [0.05, 0.1) is 262 Å². The first-order valence-electron chi connectivity index (χ1n) is 46.6. The number of amides is 4. The number of aliphatic hydroxyl groups excluding tert-OH is 1. The van der Waals surface area contributed by atoms with Crippen LogP contribution in [-0.2, 0) is 187 Å². The average molecular weight is 1910 g/mol. The van der Waals surface area contributed by atoms with Crippen molar-refractivity contribution >= 4 is 23.6 Å². The van der Waals surface area contributed by atoms with Gasteiger partial charge in [-0.05, 0) is 79.7 Å². The van der Waals surface area contributed by atoms with Crippen LogP contribution in [0.4, 0.5) is 0 Å². The van der Waals surface area contributed by atoms with Gasteiger partial charge >= 0.3 is 0 Å². The standard InChI is InChI=1S/C85H141N17O32/c1-59(103)89-67-70-73(129-79(4,5)126-70)83(56-123-76(67)132-83)53-117-41-38-114-35-32-111-29-26-108-23-20-100-44-62(93-97-100)47-120-50-82(92-66(107)17-13-10-14-18-87-65(106)16-12-11-15-19-88-96-86,51-121-48-63-45-101(98-94-63)21-24-109-27-30-112-33-36-115-39-42-118-54-84-57-124-77(133-84)68(90-60(2)104)71-74(84)130-80(6,7)127-71)52-122-49-64-46-102(99-95-64)22-25-110-28-31-113-34-37-116-40-43-119-55-85-58-125-78(134-85)69(91-61(3)105)72-75(85)131-81(8,9)128-72/h44-46,59,67-78,89,103H,10-43,47-58H2,1-9H3,(H,87,106)(H,90,104)(H,91,105)(H,92,107)/t59?,67-,68-,69?,70-,71-,72-,73-,74-,75-,76-,77+,78+,82?,83+,84+,85+/m1/s1. The minimum absolute atomic E-state index is 0.00151. The second-order valence-electron chi connectivity index (χ2n) is 35.8. The van der Waals surface area contributed by atoms with E-state index in [0.717, 1.165) is 6.42 Å². The first kappa shape index (κ1) is 106. The number of carbonyl (C=O) groups excluding carboxylic acids is 4. The summed E-state index contributed by atoms with van der Waals surface area (Å²) in [5.41, 5.74) is 6.13. The van der Waals surface area contributed by atoms with Crippen molar-refractivity contribution in [3.8, 4) is 0 Å². The number of nitrogens with one attached hydrogen (secondary N) is 5. The number of carbonyl (C=O) groups is 4. The van der Waals surface area contributed by atoms with E-state index >= 15 is 0 Å². The van der Waals surface area contributed by atoms with Crippen LogP contribution in [0.2, 0.25) is 0 Å². The van der Waals surface area contributed by atoms with Gasteiger partial charge in [0.2, 0.25) is 23.6 Å². The molecule has 134 heavy (non-hydrogen) atoms. The summed E-state index contributed by atoms with van der Waals surface area (Å²) in [6.45, 7) is 25.4. The third-order valence-corrected chi connectivity index (χ3v) is 23.0. The number of aromatic nitrogens is 9. The number of aliphatic hydroxyl groups is 1. The van der Waals surface area contributed by atoms with Crippen LogP contribution in [-0.4, -0.2) is 405 Å². The van der Waals surface area contributed by atoms with E-state index in [1.54, 1.807) is 39.6 Å². The molecule has 12 rings (SSSR count). The molecule has 0 aromatic carbocycles. The smallest absolute Gasteiger partial charge is 0.220 e. The monoisotopic (exact) mass is 1910 g/mol. The number of hydrogen-bond acceptors (Lipinski definition) is 40. The highest BCUT2D eigenvalue weighted by atomic mass is 16.8. The number of nitrogens with zero attached hydrogens (tertiary/aromatic N) is 12. The molecule has 49 nitrogen and oxygen atoms in total.